The molecule has 17 heavy (non-hydrogen) atoms. The first kappa shape index (κ1) is 14.3. The average molecular weight is 289 g/mol. The van der Waals surface area contributed by atoms with Gasteiger partial charge in [-0.05, 0) is 24.3 Å². The third-order valence-electron chi connectivity index (χ3n) is 1.82. The molecular formula is C11H13ClN2OS2. The SMILES string of the molecule is CN(C)C(=S)SCC(=O)Nc1ccc(Cl)cc1. The zero-order valence-corrected chi connectivity index (χ0v) is 12.0. The minimum absolute atomic E-state index is 0.0819. The second-order valence-corrected chi connectivity index (χ2v) is 5.55. The van der Waals surface area contributed by atoms with Gasteiger partial charge in [-0.2, -0.15) is 0 Å². The molecule has 0 atom stereocenters. The average Bonchev–Trinajstić information content (AvgIpc) is 2.29. The minimum atomic E-state index is -0.0819. The fourth-order valence-corrected chi connectivity index (χ4v) is 1.87. The van der Waals surface area contributed by atoms with E-state index in [-0.39, 0.29) is 5.91 Å². The molecule has 0 saturated carbocycles. The molecule has 0 aliphatic rings. The van der Waals surface area contributed by atoms with Crippen LogP contribution in [0.25, 0.3) is 0 Å². The van der Waals surface area contributed by atoms with Crippen LogP contribution in [0.2, 0.25) is 5.02 Å². The maximum Gasteiger partial charge on any atom is 0.234 e. The lowest BCUT2D eigenvalue weighted by Crippen LogP contribution is -2.20. The van der Waals surface area contributed by atoms with Crippen molar-refractivity contribution in [2.24, 2.45) is 0 Å². The number of amides is 1. The molecule has 1 aromatic rings. The van der Waals surface area contributed by atoms with Gasteiger partial charge in [0.15, 0.2) is 0 Å². The van der Waals surface area contributed by atoms with Crippen molar-refractivity contribution in [2.45, 2.75) is 0 Å². The third-order valence-corrected chi connectivity index (χ3v) is 3.81. The number of nitrogens with one attached hydrogen (secondary N) is 1. The van der Waals surface area contributed by atoms with Crippen molar-refractivity contribution in [2.75, 3.05) is 25.2 Å². The Morgan fingerprint density at radius 2 is 2.00 bits per heavy atom. The summed E-state index contributed by atoms with van der Waals surface area (Å²) in [4.78, 5) is 13.4. The molecule has 0 fully saturated rings. The van der Waals surface area contributed by atoms with Crippen molar-refractivity contribution in [3.8, 4) is 0 Å². The van der Waals surface area contributed by atoms with Gasteiger partial charge in [0.25, 0.3) is 0 Å². The van der Waals surface area contributed by atoms with E-state index in [1.165, 1.54) is 11.8 Å². The molecular weight excluding hydrogens is 276 g/mol. The van der Waals surface area contributed by atoms with Crippen LogP contribution in [0.5, 0.6) is 0 Å². The number of benzene rings is 1. The molecule has 92 valence electrons. The largest absolute Gasteiger partial charge is 0.364 e. The molecule has 0 aliphatic carbocycles. The van der Waals surface area contributed by atoms with Crippen LogP contribution in [0.1, 0.15) is 0 Å². The van der Waals surface area contributed by atoms with Crippen LogP contribution in [0.15, 0.2) is 24.3 Å². The van der Waals surface area contributed by atoms with Gasteiger partial charge >= 0.3 is 0 Å². The van der Waals surface area contributed by atoms with Crippen LogP contribution < -0.4 is 5.32 Å². The summed E-state index contributed by atoms with van der Waals surface area (Å²) in [6.45, 7) is 0. The Morgan fingerprint density at radius 1 is 1.41 bits per heavy atom. The summed E-state index contributed by atoms with van der Waals surface area (Å²) in [5, 5.41) is 3.41. The molecule has 1 rings (SSSR count). The van der Waals surface area contributed by atoms with E-state index in [1.54, 1.807) is 29.2 Å². The number of hydrogen-bond donors (Lipinski definition) is 1. The molecule has 0 bridgehead atoms. The van der Waals surface area contributed by atoms with Crippen LogP contribution >= 0.6 is 35.6 Å². The molecule has 1 amide bonds. The van der Waals surface area contributed by atoms with E-state index in [9.17, 15) is 4.79 Å². The molecule has 0 saturated heterocycles. The Balaban J connectivity index is 2.40. The number of carbonyl (C=O) groups excluding carboxylic acids is 1. The van der Waals surface area contributed by atoms with E-state index < -0.39 is 0 Å². The third kappa shape index (κ3) is 5.39. The highest BCUT2D eigenvalue weighted by atomic mass is 35.5. The molecule has 0 heterocycles. The second-order valence-electron chi connectivity index (χ2n) is 3.50. The number of nitrogens with zero attached hydrogens (tertiary/aromatic N) is 1. The maximum atomic E-state index is 11.6. The van der Waals surface area contributed by atoms with E-state index in [0.717, 1.165) is 5.69 Å². The van der Waals surface area contributed by atoms with Crippen LogP contribution in [0.3, 0.4) is 0 Å². The van der Waals surface area contributed by atoms with Gasteiger partial charge in [0.1, 0.15) is 4.32 Å². The first-order chi connectivity index (χ1) is 7.99. The Kier molecular flexibility index (Phi) is 5.74. The lowest BCUT2D eigenvalue weighted by atomic mass is 10.3. The zero-order chi connectivity index (χ0) is 12.8. The summed E-state index contributed by atoms with van der Waals surface area (Å²) < 4.78 is 0.691. The summed E-state index contributed by atoms with van der Waals surface area (Å²) >= 11 is 12.2. The number of hydrogen-bond acceptors (Lipinski definition) is 3. The van der Waals surface area contributed by atoms with Gasteiger partial charge in [-0.25, -0.2) is 0 Å². The number of rotatable bonds is 3. The van der Waals surface area contributed by atoms with Gasteiger partial charge in [0.2, 0.25) is 5.91 Å². The number of halogens is 1. The van der Waals surface area contributed by atoms with Crippen molar-refractivity contribution in [1.82, 2.24) is 4.90 Å². The highest BCUT2D eigenvalue weighted by molar-refractivity contribution is 8.23. The highest BCUT2D eigenvalue weighted by Gasteiger charge is 2.06. The van der Waals surface area contributed by atoms with E-state index in [1.807, 2.05) is 14.1 Å². The highest BCUT2D eigenvalue weighted by Crippen LogP contribution is 2.14. The smallest absolute Gasteiger partial charge is 0.234 e. The van der Waals surface area contributed by atoms with Crippen LogP contribution in [-0.4, -0.2) is 35.0 Å². The minimum Gasteiger partial charge on any atom is -0.364 e. The van der Waals surface area contributed by atoms with Gasteiger partial charge < -0.3 is 10.2 Å². The van der Waals surface area contributed by atoms with E-state index in [4.69, 9.17) is 23.8 Å². The quantitative estimate of drug-likeness (QED) is 0.867. The predicted octanol–water partition coefficient (Wildman–Crippen LogP) is 2.86. The maximum absolute atomic E-state index is 11.6. The molecule has 0 aliphatic heterocycles. The summed E-state index contributed by atoms with van der Waals surface area (Å²) in [5.74, 6) is 0.223. The van der Waals surface area contributed by atoms with Gasteiger partial charge in [-0.3, -0.25) is 4.79 Å². The standard InChI is InChI=1S/C11H13ClN2OS2/c1-14(2)11(16)17-7-10(15)13-9-5-3-8(12)4-6-9/h3-6H,7H2,1-2H3,(H,13,15). The molecule has 1 N–H and O–H groups in total. The van der Waals surface area contributed by atoms with Crippen LogP contribution in [0, 0.1) is 0 Å². The Bertz CT molecular complexity index is 406. The Hall–Kier alpha value is -0.780. The molecule has 0 spiro atoms. The fourth-order valence-electron chi connectivity index (χ4n) is 0.987. The van der Waals surface area contributed by atoms with E-state index in [2.05, 4.69) is 5.32 Å². The van der Waals surface area contributed by atoms with Gasteiger partial charge in [-0.1, -0.05) is 35.6 Å². The molecule has 6 heteroatoms. The Labute approximate surface area is 116 Å². The van der Waals surface area contributed by atoms with Crippen molar-refractivity contribution in [3.05, 3.63) is 29.3 Å². The fraction of sp³-hybridized carbons (Fsp3) is 0.273. The van der Waals surface area contributed by atoms with E-state index in [0.29, 0.717) is 15.1 Å². The van der Waals surface area contributed by atoms with E-state index >= 15 is 0 Å². The zero-order valence-electron chi connectivity index (χ0n) is 9.57. The van der Waals surface area contributed by atoms with Crippen LogP contribution in [0.4, 0.5) is 5.69 Å². The van der Waals surface area contributed by atoms with Gasteiger partial charge in [0.05, 0.1) is 5.75 Å². The van der Waals surface area contributed by atoms with Gasteiger partial charge in [0, 0.05) is 24.8 Å². The summed E-state index contributed by atoms with van der Waals surface area (Å²) in [6, 6.07) is 6.98. The van der Waals surface area contributed by atoms with Crippen molar-refractivity contribution >= 4 is 51.5 Å². The Morgan fingerprint density at radius 3 is 2.53 bits per heavy atom. The molecule has 1 aromatic carbocycles. The van der Waals surface area contributed by atoms with Crippen LogP contribution in [-0.2, 0) is 4.79 Å². The second kappa shape index (κ2) is 6.83. The molecule has 0 radical (unpaired) electrons. The lowest BCUT2D eigenvalue weighted by molar-refractivity contribution is -0.113. The number of carbonyl (C=O) groups is 1. The van der Waals surface area contributed by atoms with Crippen molar-refractivity contribution in [3.63, 3.8) is 0 Å². The predicted molar refractivity (Wildman–Crippen MR) is 78.8 cm³/mol. The van der Waals surface area contributed by atoms with Gasteiger partial charge in [-0.15, -0.1) is 0 Å². The monoisotopic (exact) mass is 288 g/mol. The normalized spacial score (nSPS) is 9.82. The van der Waals surface area contributed by atoms with Crippen molar-refractivity contribution < 1.29 is 4.79 Å². The first-order valence-electron chi connectivity index (χ1n) is 4.88. The summed E-state index contributed by atoms with van der Waals surface area (Å²) in [7, 11) is 3.71. The topological polar surface area (TPSA) is 32.3 Å². The number of anilines is 1. The summed E-state index contributed by atoms with van der Waals surface area (Å²) in [5.41, 5.74) is 0.732. The summed E-state index contributed by atoms with van der Waals surface area (Å²) in [6.07, 6.45) is 0. The molecule has 0 unspecified atom stereocenters. The lowest BCUT2D eigenvalue weighted by Gasteiger charge is -2.12. The number of thiocarbonyl (C=S) groups is 1. The first-order valence-corrected chi connectivity index (χ1v) is 6.65. The van der Waals surface area contributed by atoms with Crippen molar-refractivity contribution in [1.29, 1.82) is 0 Å². The molecule has 3 nitrogen and oxygen atoms in total. The number of thioether (sulfide) groups is 1. The molecule has 0 aromatic heterocycles.